The first kappa shape index (κ1) is 12.3. The van der Waals surface area contributed by atoms with Crippen LogP contribution >= 0.6 is 11.8 Å². The Morgan fingerprint density at radius 3 is 2.67 bits per heavy atom. The van der Waals surface area contributed by atoms with Crippen LogP contribution in [-0.4, -0.2) is 19.6 Å². The minimum atomic E-state index is 0.775. The second-order valence-electron chi connectivity index (χ2n) is 4.70. The zero-order valence-electron chi connectivity index (χ0n) is 11.2. The summed E-state index contributed by atoms with van der Waals surface area (Å²) in [5.74, 6) is 0.864. The molecule has 0 aliphatic carbocycles. The van der Waals surface area contributed by atoms with E-state index < -0.39 is 0 Å². The van der Waals surface area contributed by atoms with Crippen LogP contribution in [0.5, 0.6) is 0 Å². The maximum atomic E-state index is 4.63. The van der Waals surface area contributed by atoms with Crippen LogP contribution < -0.4 is 0 Å². The fourth-order valence-electron chi connectivity index (χ4n) is 2.24. The number of rotatable bonds is 3. The van der Waals surface area contributed by atoms with Crippen LogP contribution in [0.25, 0.3) is 16.6 Å². The van der Waals surface area contributed by atoms with E-state index in [0.29, 0.717) is 0 Å². The molecule has 2 aromatic heterocycles. The molecule has 0 saturated heterocycles. The molecule has 0 atom stereocenters. The van der Waals surface area contributed by atoms with Gasteiger partial charge >= 0.3 is 0 Å². The highest BCUT2D eigenvalue weighted by Crippen LogP contribution is 2.22. The van der Waals surface area contributed by atoms with Crippen LogP contribution in [0.3, 0.4) is 0 Å². The highest BCUT2D eigenvalue weighted by atomic mass is 32.2. The maximum Gasteiger partial charge on any atom is 0.209 e. The number of nitrogens with zero attached hydrogens (tertiary/aromatic N) is 4. The smallest absolute Gasteiger partial charge is 0.209 e. The first-order valence-electron chi connectivity index (χ1n) is 6.67. The standard InChI is InChI=1S/C16H12N4S/c1-2-6-12(7-3-1)10-21-16-18-15-13-8-4-5-9-14(13)17-11-20(15)19-16/h1-9,11H,10H2. The molecule has 0 N–H and O–H groups in total. The average molecular weight is 292 g/mol. The Balaban J connectivity index is 1.69. The molecule has 2 aromatic carbocycles. The van der Waals surface area contributed by atoms with Crippen LogP contribution in [-0.2, 0) is 5.75 Å². The van der Waals surface area contributed by atoms with Crippen LogP contribution in [0.1, 0.15) is 5.56 Å². The Morgan fingerprint density at radius 2 is 1.76 bits per heavy atom. The summed E-state index contributed by atoms with van der Waals surface area (Å²) in [7, 11) is 0. The van der Waals surface area contributed by atoms with Gasteiger partial charge in [-0.3, -0.25) is 0 Å². The summed E-state index contributed by atoms with van der Waals surface area (Å²) in [5, 5.41) is 6.29. The van der Waals surface area contributed by atoms with E-state index in [0.717, 1.165) is 27.5 Å². The van der Waals surface area contributed by atoms with Gasteiger partial charge in [-0.25, -0.2) is 14.5 Å². The van der Waals surface area contributed by atoms with Crippen molar-refractivity contribution in [3.63, 3.8) is 0 Å². The van der Waals surface area contributed by atoms with E-state index in [-0.39, 0.29) is 0 Å². The third kappa shape index (κ3) is 2.36. The summed E-state index contributed by atoms with van der Waals surface area (Å²) in [6.07, 6.45) is 1.72. The van der Waals surface area contributed by atoms with Crippen molar-refractivity contribution in [2.24, 2.45) is 0 Å². The molecule has 0 radical (unpaired) electrons. The Hall–Kier alpha value is -2.40. The van der Waals surface area contributed by atoms with Crippen LogP contribution in [0.4, 0.5) is 0 Å². The van der Waals surface area contributed by atoms with Gasteiger partial charge in [-0.1, -0.05) is 54.2 Å². The molecule has 4 nitrogen and oxygen atoms in total. The summed E-state index contributed by atoms with van der Waals surface area (Å²) in [4.78, 5) is 9.02. The molecule has 0 aliphatic heterocycles. The SMILES string of the molecule is c1ccc(CSc2nc3c4ccccc4ncn3n2)cc1. The molecular weight excluding hydrogens is 280 g/mol. The predicted octanol–water partition coefficient (Wildman–Crippen LogP) is 3.57. The van der Waals surface area contributed by atoms with Crippen molar-refractivity contribution in [2.45, 2.75) is 10.9 Å². The highest BCUT2D eigenvalue weighted by molar-refractivity contribution is 7.98. The second-order valence-corrected chi connectivity index (χ2v) is 5.64. The van der Waals surface area contributed by atoms with Crippen molar-refractivity contribution in [3.8, 4) is 0 Å². The Bertz CT molecular complexity index is 902. The Morgan fingerprint density at radius 1 is 0.952 bits per heavy atom. The summed E-state index contributed by atoms with van der Waals surface area (Å²) < 4.78 is 1.75. The lowest BCUT2D eigenvalue weighted by molar-refractivity contribution is 0.870. The number of aromatic nitrogens is 4. The summed E-state index contributed by atoms with van der Waals surface area (Å²) >= 11 is 1.64. The second kappa shape index (κ2) is 5.18. The first-order chi connectivity index (χ1) is 10.4. The molecule has 0 aliphatic rings. The minimum Gasteiger partial charge on any atom is -0.236 e. The lowest BCUT2D eigenvalue weighted by Gasteiger charge is -1.96. The van der Waals surface area contributed by atoms with Gasteiger partial charge in [0.05, 0.1) is 5.52 Å². The third-order valence-corrected chi connectivity index (χ3v) is 4.18. The van der Waals surface area contributed by atoms with E-state index >= 15 is 0 Å². The zero-order valence-corrected chi connectivity index (χ0v) is 12.0. The zero-order chi connectivity index (χ0) is 14.1. The van der Waals surface area contributed by atoms with E-state index in [4.69, 9.17) is 0 Å². The van der Waals surface area contributed by atoms with Gasteiger partial charge in [0.2, 0.25) is 5.16 Å². The molecule has 21 heavy (non-hydrogen) atoms. The molecule has 102 valence electrons. The van der Waals surface area contributed by atoms with Gasteiger partial charge in [-0.2, -0.15) is 0 Å². The average Bonchev–Trinajstić information content (AvgIpc) is 2.97. The first-order valence-corrected chi connectivity index (χ1v) is 7.65. The topological polar surface area (TPSA) is 43.1 Å². The number of fused-ring (bicyclic) bond motifs is 3. The molecule has 0 bridgehead atoms. The summed E-state index contributed by atoms with van der Waals surface area (Å²) in [6, 6.07) is 18.3. The van der Waals surface area contributed by atoms with E-state index in [1.807, 2.05) is 42.5 Å². The number of para-hydroxylation sites is 1. The summed E-state index contributed by atoms with van der Waals surface area (Å²) in [6.45, 7) is 0. The van der Waals surface area contributed by atoms with E-state index in [2.05, 4.69) is 27.2 Å². The molecule has 5 heteroatoms. The van der Waals surface area contributed by atoms with Crippen molar-refractivity contribution in [3.05, 3.63) is 66.5 Å². The van der Waals surface area contributed by atoms with E-state index in [1.165, 1.54) is 5.56 Å². The molecule has 2 heterocycles. The number of hydrogen-bond acceptors (Lipinski definition) is 4. The normalized spacial score (nSPS) is 11.2. The van der Waals surface area contributed by atoms with Gasteiger partial charge in [0.25, 0.3) is 0 Å². The molecule has 0 amide bonds. The maximum absolute atomic E-state index is 4.63. The van der Waals surface area contributed by atoms with E-state index in [9.17, 15) is 0 Å². The molecule has 0 spiro atoms. The number of benzene rings is 2. The summed E-state index contributed by atoms with van der Waals surface area (Å²) in [5.41, 5.74) is 3.07. The van der Waals surface area contributed by atoms with Crippen molar-refractivity contribution < 1.29 is 0 Å². The monoisotopic (exact) mass is 292 g/mol. The fraction of sp³-hybridized carbons (Fsp3) is 0.0625. The van der Waals surface area contributed by atoms with Gasteiger partial charge in [0.15, 0.2) is 5.65 Å². The Labute approximate surface area is 125 Å². The fourth-order valence-corrected chi connectivity index (χ4v) is 3.03. The molecular formula is C16H12N4S. The van der Waals surface area contributed by atoms with E-state index in [1.54, 1.807) is 22.6 Å². The number of thioether (sulfide) groups is 1. The molecule has 0 fully saturated rings. The van der Waals surface area contributed by atoms with Gasteiger partial charge in [-0.05, 0) is 17.7 Å². The van der Waals surface area contributed by atoms with Crippen molar-refractivity contribution in [1.29, 1.82) is 0 Å². The van der Waals surface area contributed by atoms with Crippen molar-refractivity contribution >= 4 is 28.3 Å². The molecule has 4 aromatic rings. The Kier molecular flexibility index (Phi) is 3.05. The van der Waals surface area contributed by atoms with Gasteiger partial charge in [-0.15, -0.1) is 5.10 Å². The third-order valence-electron chi connectivity index (χ3n) is 3.27. The molecule has 0 saturated carbocycles. The van der Waals surface area contributed by atoms with Gasteiger partial charge < -0.3 is 0 Å². The van der Waals surface area contributed by atoms with Crippen LogP contribution in [0.2, 0.25) is 0 Å². The largest absolute Gasteiger partial charge is 0.236 e. The molecule has 0 unspecified atom stereocenters. The van der Waals surface area contributed by atoms with Crippen molar-refractivity contribution in [2.75, 3.05) is 0 Å². The quantitative estimate of drug-likeness (QED) is 0.541. The van der Waals surface area contributed by atoms with Gasteiger partial charge in [0.1, 0.15) is 6.33 Å². The highest BCUT2D eigenvalue weighted by Gasteiger charge is 2.08. The lowest BCUT2D eigenvalue weighted by Crippen LogP contribution is -1.90. The number of hydrogen-bond donors (Lipinski definition) is 0. The van der Waals surface area contributed by atoms with Gasteiger partial charge in [0, 0.05) is 11.1 Å². The minimum absolute atomic E-state index is 0.775. The molecule has 4 rings (SSSR count). The van der Waals surface area contributed by atoms with Crippen LogP contribution in [0, 0.1) is 0 Å². The van der Waals surface area contributed by atoms with Crippen molar-refractivity contribution in [1.82, 2.24) is 19.6 Å². The van der Waals surface area contributed by atoms with Crippen LogP contribution in [0.15, 0.2) is 66.1 Å². The predicted molar refractivity (Wildman–Crippen MR) is 84.3 cm³/mol. The lowest BCUT2D eigenvalue weighted by atomic mass is 10.2.